The number of hydrogen-bond acceptors (Lipinski definition) is 1. The largest absolute Gasteiger partial charge is 0.494 e. The first-order chi connectivity index (χ1) is 15.7. The standard InChI is InChI=1S/C31H36O/c1-3-32-31-21-15-26(16-22-31)10-9-25-11-17-29(18-12-25)30-19-13-27(14-20-30)23-24(2)28-7-5-4-6-8-28/h4-12,15-18,21-22,24,27,30H,3,13-14,19-20,23H2,1-2H3/b10-9+. The molecular weight excluding hydrogens is 388 g/mol. The van der Waals surface area contributed by atoms with Gasteiger partial charge in [-0.3, -0.25) is 0 Å². The highest BCUT2D eigenvalue weighted by atomic mass is 16.5. The van der Waals surface area contributed by atoms with Crippen molar-refractivity contribution in [1.29, 1.82) is 0 Å². The van der Waals surface area contributed by atoms with E-state index in [4.69, 9.17) is 4.74 Å². The van der Waals surface area contributed by atoms with Gasteiger partial charge in [0.2, 0.25) is 0 Å². The molecule has 1 aliphatic carbocycles. The Labute approximate surface area is 194 Å². The van der Waals surface area contributed by atoms with Crippen LogP contribution in [0.4, 0.5) is 0 Å². The first-order valence-corrected chi connectivity index (χ1v) is 12.3. The molecular formula is C31H36O. The SMILES string of the molecule is CCOc1ccc(/C=C/c2ccc(C3CCC(CC(C)c4ccccc4)CC3)cc2)cc1. The molecule has 0 bridgehead atoms. The Hall–Kier alpha value is -2.80. The first kappa shape index (κ1) is 22.4. The summed E-state index contributed by atoms with van der Waals surface area (Å²) in [7, 11) is 0. The van der Waals surface area contributed by atoms with Crippen LogP contribution in [0.5, 0.6) is 5.75 Å². The molecule has 0 heterocycles. The number of hydrogen-bond donors (Lipinski definition) is 0. The highest BCUT2D eigenvalue weighted by Gasteiger charge is 2.24. The van der Waals surface area contributed by atoms with E-state index in [2.05, 4.69) is 85.8 Å². The van der Waals surface area contributed by atoms with E-state index < -0.39 is 0 Å². The summed E-state index contributed by atoms with van der Waals surface area (Å²) in [5.41, 5.74) is 5.45. The minimum Gasteiger partial charge on any atom is -0.494 e. The Bertz CT molecular complexity index is 961. The topological polar surface area (TPSA) is 9.23 Å². The summed E-state index contributed by atoms with van der Waals surface area (Å²) < 4.78 is 5.52. The van der Waals surface area contributed by atoms with E-state index in [1.807, 2.05) is 19.1 Å². The third-order valence-corrected chi connectivity index (χ3v) is 6.97. The maximum Gasteiger partial charge on any atom is 0.119 e. The Balaban J connectivity index is 1.27. The molecule has 1 saturated carbocycles. The van der Waals surface area contributed by atoms with Crippen molar-refractivity contribution in [3.63, 3.8) is 0 Å². The molecule has 1 heteroatoms. The van der Waals surface area contributed by atoms with Gasteiger partial charge in [0.1, 0.15) is 5.75 Å². The minimum atomic E-state index is 0.666. The Morgan fingerprint density at radius 2 is 1.38 bits per heavy atom. The molecule has 1 nitrogen and oxygen atoms in total. The second-order valence-electron chi connectivity index (χ2n) is 9.27. The van der Waals surface area contributed by atoms with Gasteiger partial charge >= 0.3 is 0 Å². The van der Waals surface area contributed by atoms with Crippen molar-refractivity contribution in [2.45, 2.75) is 57.8 Å². The molecule has 3 aromatic carbocycles. The van der Waals surface area contributed by atoms with Crippen molar-refractivity contribution in [3.05, 3.63) is 101 Å². The van der Waals surface area contributed by atoms with Crippen LogP contribution in [-0.2, 0) is 0 Å². The summed E-state index contributed by atoms with van der Waals surface area (Å²) in [6.45, 7) is 5.10. The zero-order valence-corrected chi connectivity index (χ0v) is 19.5. The molecule has 1 aliphatic rings. The average Bonchev–Trinajstić information content (AvgIpc) is 2.85. The summed E-state index contributed by atoms with van der Waals surface area (Å²) in [6.07, 6.45) is 11.1. The lowest BCUT2D eigenvalue weighted by Gasteiger charge is -2.30. The zero-order chi connectivity index (χ0) is 22.2. The van der Waals surface area contributed by atoms with Gasteiger partial charge in [-0.15, -0.1) is 0 Å². The number of benzene rings is 3. The molecule has 0 aromatic heterocycles. The van der Waals surface area contributed by atoms with Crippen molar-refractivity contribution in [2.75, 3.05) is 6.61 Å². The van der Waals surface area contributed by atoms with Crippen LogP contribution in [-0.4, -0.2) is 6.61 Å². The van der Waals surface area contributed by atoms with Crippen molar-refractivity contribution in [1.82, 2.24) is 0 Å². The van der Waals surface area contributed by atoms with Crippen LogP contribution in [0.25, 0.3) is 12.2 Å². The molecule has 0 spiro atoms. The molecule has 0 saturated heterocycles. The summed E-state index contributed by atoms with van der Waals surface area (Å²) in [6, 6.07) is 28.5. The van der Waals surface area contributed by atoms with E-state index in [1.165, 1.54) is 54.4 Å². The Morgan fingerprint density at radius 3 is 1.97 bits per heavy atom. The first-order valence-electron chi connectivity index (χ1n) is 12.3. The second kappa shape index (κ2) is 11.2. The van der Waals surface area contributed by atoms with Gasteiger partial charge in [0.05, 0.1) is 6.61 Å². The van der Waals surface area contributed by atoms with Crippen LogP contribution in [0.15, 0.2) is 78.9 Å². The van der Waals surface area contributed by atoms with Crippen LogP contribution >= 0.6 is 0 Å². The molecule has 1 atom stereocenters. The molecule has 0 aliphatic heterocycles. The van der Waals surface area contributed by atoms with Crippen molar-refractivity contribution < 1.29 is 4.74 Å². The third kappa shape index (κ3) is 6.13. The number of rotatable bonds is 8. The molecule has 166 valence electrons. The Morgan fingerprint density at radius 1 is 0.781 bits per heavy atom. The zero-order valence-electron chi connectivity index (χ0n) is 19.5. The maximum atomic E-state index is 5.52. The fraction of sp³-hybridized carbons (Fsp3) is 0.355. The predicted molar refractivity (Wildman–Crippen MR) is 137 cm³/mol. The fourth-order valence-electron chi connectivity index (χ4n) is 5.06. The quantitative estimate of drug-likeness (QED) is 0.328. The average molecular weight is 425 g/mol. The van der Waals surface area contributed by atoms with Crippen LogP contribution < -0.4 is 4.74 Å². The lowest BCUT2D eigenvalue weighted by Crippen LogP contribution is -2.15. The van der Waals surface area contributed by atoms with Gasteiger partial charge < -0.3 is 4.74 Å². The van der Waals surface area contributed by atoms with E-state index in [-0.39, 0.29) is 0 Å². The maximum absolute atomic E-state index is 5.52. The normalized spacial score (nSPS) is 19.7. The third-order valence-electron chi connectivity index (χ3n) is 6.97. The molecule has 4 rings (SSSR count). The van der Waals surface area contributed by atoms with Crippen molar-refractivity contribution >= 4 is 12.2 Å². The monoisotopic (exact) mass is 424 g/mol. The van der Waals surface area contributed by atoms with Gasteiger partial charge in [-0.25, -0.2) is 0 Å². The van der Waals surface area contributed by atoms with E-state index in [1.54, 1.807) is 0 Å². The molecule has 3 aromatic rings. The molecule has 0 amide bonds. The van der Waals surface area contributed by atoms with Gasteiger partial charge in [0, 0.05) is 0 Å². The van der Waals surface area contributed by atoms with E-state index in [0.29, 0.717) is 12.5 Å². The van der Waals surface area contributed by atoms with E-state index in [9.17, 15) is 0 Å². The number of ether oxygens (including phenoxy) is 1. The van der Waals surface area contributed by atoms with Crippen molar-refractivity contribution in [3.8, 4) is 5.75 Å². The highest BCUT2D eigenvalue weighted by molar-refractivity contribution is 5.69. The molecule has 1 fully saturated rings. The Kier molecular flexibility index (Phi) is 7.82. The summed E-state index contributed by atoms with van der Waals surface area (Å²) in [4.78, 5) is 0. The molecule has 1 unspecified atom stereocenters. The smallest absolute Gasteiger partial charge is 0.119 e. The minimum absolute atomic E-state index is 0.666. The lowest BCUT2D eigenvalue weighted by molar-refractivity contribution is 0.297. The van der Waals surface area contributed by atoms with Crippen molar-refractivity contribution in [2.24, 2.45) is 5.92 Å². The van der Waals surface area contributed by atoms with Crippen LogP contribution in [0, 0.1) is 5.92 Å². The lowest BCUT2D eigenvalue weighted by atomic mass is 9.75. The second-order valence-corrected chi connectivity index (χ2v) is 9.27. The van der Waals surface area contributed by atoms with E-state index in [0.717, 1.165) is 17.6 Å². The van der Waals surface area contributed by atoms with Crippen LogP contribution in [0.3, 0.4) is 0 Å². The summed E-state index contributed by atoms with van der Waals surface area (Å²) in [5, 5.41) is 0. The summed E-state index contributed by atoms with van der Waals surface area (Å²) in [5.74, 6) is 3.19. The van der Waals surface area contributed by atoms with Gasteiger partial charge in [-0.1, -0.05) is 85.8 Å². The van der Waals surface area contributed by atoms with Crippen LogP contribution in [0.2, 0.25) is 0 Å². The van der Waals surface area contributed by atoms with Crippen LogP contribution in [0.1, 0.15) is 80.0 Å². The molecule has 0 N–H and O–H groups in total. The fourth-order valence-corrected chi connectivity index (χ4v) is 5.06. The van der Waals surface area contributed by atoms with E-state index >= 15 is 0 Å². The van der Waals surface area contributed by atoms with Gasteiger partial charge in [-0.05, 0) is 91.2 Å². The van der Waals surface area contributed by atoms with Gasteiger partial charge in [0.15, 0.2) is 0 Å². The molecule has 32 heavy (non-hydrogen) atoms. The van der Waals surface area contributed by atoms with Gasteiger partial charge in [-0.2, -0.15) is 0 Å². The molecule has 0 radical (unpaired) electrons. The highest BCUT2D eigenvalue weighted by Crippen LogP contribution is 2.39. The van der Waals surface area contributed by atoms with Gasteiger partial charge in [0.25, 0.3) is 0 Å². The summed E-state index contributed by atoms with van der Waals surface area (Å²) >= 11 is 0. The predicted octanol–water partition coefficient (Wildman–Crippen LogP) is 8.72.